The second-order valence-corrected chi connectivity index (χ2v) is 7.77. The van der Waals surface area contributed by atoms with Gasteiger partial charge >= 0.3 is 5.97 Å². The maximum atomic E-state index is 13.1. The molecule has 1 atom stereocenters. The third kappa shape index (κ3) is 4.50. The molecule has 0 bridgehead atoms. The average molecular weight is 419 g/mol. The molecular formula is C24H25N3O4. The molecule has 2 aromatic heterocycles. The predicted octanol–water partition coefficient (Wildman–Crippen LogP) is 3.76. The zero-order valence-electron chi connectivity index (χ0n) is 17.5. The van der Waals surface area contributed by atoms with Crippen LogP contribution in [0.1, 0.15) is 36.0 Å². The summed E-state index contributed by atoms with van der Waals surface area (Å²) in [7, 11) is 0. The van der Waals surface area contributed by atoms with Crippen LogP contribution in [0.4, 0.5) is 0 Å². The Labute approximate surface area is 181 Å². The fraction of sp³-hybridized carbons (Fsp3) is 0.333. The minimum Gasteiger partial charge on any atom is -0.466 e. The van der Waals surface area contributed by atoms with Crippen molar-refractivity contribution in [3.05, 3.63) is 72.2 Å². The van der Waals surface area contributed by atoms with Crippen LogP contribution in [0.25, 0.3) is 11.3 Å². The Morgan fingerprint density at radius 2 is 1.97 bits per heavy atom. The van der Waals surface area contributed by atoms with E-state index in [0.29, 0.717) is 43.0 Å². The molecule has 0 aliphatic carbocycles. The van der Waals surface area contributed by atoms with Gasteiger partial charge in [-0.2, -0.15) is 0 Å². The van der Waals surface area contributed by atoms with E-state index in [1.165, 1.54) is 0 Å². The quantitative estimate of drug-likeness (QED) is 0.566. The van der Waals surface area contributed by atoms with Gasteiger partial charge in [-0.15, -0.1) is 0 Å². The SMILES string of the molecule is CCOC(=O)C1(Cc2cc(-c3ccccc3)no2)CCCN(C(=O)c2ccccn2)C1. The van der Waals surface area contributed by atoms with Gasteiger partial charge in [-0.05, 0) is 31.9 Å². The highest BCUT2D eigenvalue weighted by Gasteiger charge is 2.46. The standard InChI is InChI=1S/C24H25N3O4/c1-2-30-23(29)24(16-19-15-21(26-31-19)18-9-4-3-5-10-18)12-8-14-27(17-24)22(28)20-11-6-7-13-25-20/h3-7,9-11,13,15H,2,8,12,14,16-17H2,1H3. The van der Waals surface area contributed by atoms with E-state index in [9.17, 15) is 9.59 Å². The minimum atomic E-state index is -0.883. The number of amides is 1. The number of carbonyl (C=O) groups excluding carboxylic acids is 2. The van der Waals surface area contributed by atoms with Crippen molar-refractivity contribution in [2.75, 3.05) is 19.7 Å². The maximum Gasteiger partial charge on any atom is 0.314 e. The first-order valence-corrected chi connectivity index (χ1v) is 10.5. The molecule has 1 fully saturated rings. The molecule has 7 heteroatoms. The minimum absolute atomic E-state index is 0.184. The molecule has 3 aromatic rings. The number of nitrogens with zero attached hydrogens (tertiary/aromatic N) is 3. The summed E-state index contributed by atoms with van der Waals surface area (Å²) in [6, 6.07) is 16.8. The van der Waals surface area contributed by atoms with E-state index in [1.807, 2.05) is 36.4 Å². The highest BCUT2D eigenvalue weighted by molar-refractivity contribution is 5.93. The Balaban J connectivity index is 1.59. The number of hydrogen-bond donors (Lipinski definition) is 0. The lowest BCUT2D eigenvalue weighted by Crippen LogP contribution is -2.51. The van der Waals surface area contributed by atoms with Crippen molar-refractivity contribution >= 4 is 11.9 Å². The van der Waals surface area contributed by atoms with Gasteiger partial charge in [0.1, 0.15) is 17.1 Å². The lowest BCUT2D eigenvalue weighted by molar-refractivity contribution is -0.158. The van der Waals surface area contributed by atoms with Gasteiger partial charge in [0, 0.05) is 37.3 Å². The first kappa shape index (κ1) is 20.8. The fourth-order valence-electron chi connectivity index (χ4n) is 4.10. The number of pyridine rings is 1. The molecule has 0 spiro atoms. The summed E-state index contributed by atoms with van der Waals surface area (Å²) < 4.78 is 11.0. The molecule has 1 amide bonds. The van der Waals surface area contributed by atoms with Gasteiger partial charge in [-0.1, -0.05) is 41.6 Å². The fourth-order valence-corrected chi connectivity index (χ4v) is 4.10. The predicted molar refractivity (Wildman–Crippen MR) is 114 cm³/mol. The summed E-state index contributed by atoms with van der Waals surface area (Å²) in [6.07, 6.45) is 3.21. The van der Waals surface area contributed by atoms with Crippen LogP contribution < -0.4 is 0 Å². The molecule has 1 aromatic carbocycles. The molecule has 31 heavy (non-hydrogen) atoms. The molecular weight excluding hydrogens is 394 g/mol. The second-order valence-electron chi connectivity index (χ2n) is 7.77. The van der Waals surface area contributed by atoms with Crippen LogP contribution in [0.3, 0.4) is 0 Å². The van der Waals surface area contributed by atoms with Gasteiger partial charge in [-0.25, -0.2) is 0 Å². The van der Waals surface area contributed by atoms with Crippen molar-refractivity contribution in [3.8, 4) is 11.3 Å². The summed E-state index contributed by atoms with van der Waals surface area (Å²) in [5.41, 5.74) is 1.14. The summed E-state index contributed by atoms with van der Waals surface area (Å²) in [6.45, 7) is 2.89. The molecule has 160 valence electrons. The van der Waals surface area contributed by atoms with Gasteiger partial charge in [0.2, 0.25) is 0 Å². The van der Waals surface area contributed by atoms with Crippen LogP contribution in [-0.4, -0.2) is 46.6 Å². The van der Waals surface area contributed by atoms with Crippen LogP contribution in [-0.2, 0) is 16.0 Å². The number of hydrogen-bond acceptors (Lipinski definition) is 6. The Kier molecular flexibility index (Phi) is 6.11. The zero-order chi connectivity index (χ0) is 21.7. The molecule has 0 radical (unpaired) electrons. The Morgan fingerprint density at radius 3 is 2.71 bits per heavy atom. The average Bonchev–Trinajstić information content (AvgIpc) is 3.28. The van der Waals surface area contributed by atoms with E-state index in [1.54, 1.807) is 36.2 Å². The van der Waals surface area contributed by atoms with E-state index in [4.69, 9.17) is 9.26 Å². The number of rotatable bonds is 6. The van der Waals surface area contributed by atoms with Crippen molar-refractivity contribution in [1.82, 2.24) is 15.0 Å². The Hall–Kier alpha value is -3.48. The van der Waals surface area contributed by atoms with Crippen LogP contribution in [0.2, 0.25) is 0 Å². The molecule has 1 saturated heterocycles. The lowest BCUT2D eigenvalue weighted by atomic mass is 9.76. The van der Waals surface area contributed by atoms with Gasteiger partial charge in [0.05, 0.1) is 12.0 Å². The first-order chi connectivity index (χ1) is 15.1. The molecule has 4 rings (SSSR count). The van der Waals surface area contributed by atoms with Crippen molar-refractivity contribution in [1.29, 1.82) is 0 Å². The number of piperidine rings is 1. The Bertz CT molecular complexity index is 1040. The van der Waals surface area contributed by atoms with E-state index in [-0.39, 0.29) is 25.0 Å². The summed E-state index contributed by atoms with van der Waals surface area (Å²) in [4.78, 5) is 31.9. The molecule has 1 unspecified atom stereocenters. The number of benzene rings is 1. The number of aromatic nitrogens is 2. The number of likely N-dealkylation sites (tertiary alicyclic amines) is 1. The van der Waals surface area contributed by atoms with Gasteiger partial charge < -0.3 is 14.2 Å². The van der Waals surface area contributed by atoms with E-state index in [2.05, 4.69) is 10.1 Å². The second kappa shape index (κ2) is 9.12. The largest absolute Gasteiger partial charge is 0.466 e. The zero-order valence-corrected chi connectivity index (χ0v) is 17.5. The topological polar surface area (TPSA) is 85.5 Å². The molecule has 0 saturated carbocycles. The van der Waals surface area contributed by atoms with Crippen molar-refractivity contribution < 1.29 is 18.8 Å². The maximum absolute atomic E-state index is 13.1. The van der Waals surface area contributed by atoms with E-state index < -0.39 is 5.41 Å². The number of ether oxygens (including phenoxy) is 1. The van der Waals surface area contributed by atoms with Gasteiger partial charge in [0.25, 0.3) is 5.91 Å². The molecule has 0 N–H and O–H groups in total. The van der Waals surface area contributed by atoms with Crippen molar-refractivity contribution in [3.63, 3.8) is 0 Å². The van der Waals surface area contributed by atoms with Crippen LogP contribution in [0.5, 0.6) is 0 Å². The van der Waals surface area contributed by atoms with Crippen molar-refractivity contribution in [2.24, 2.45) is 5.41 Å². The molecule has 1 aliphatic rings. The molecule has 1 aliphatic heterocycles. The van der Waals surface area contributed by atoms with Crippen LogP contribution in [0.15, 0.2) is 65.3 Å². The van der Waals surface area contributed by atoms with Crippen LogP contribution in [0, 0.1) is 5.41 Å². The van der Waals surface area contributed by atoms with Crippen LogP contribution >= 0.6 is 0 Å². The number of esters is 1. The van der Waals surface area contributed by atoms with E-state index in [0.717, 1.165) is 5.56 Å². The summed E-state index contributed by atoms with van der Waals surface area (Å²) >= 11 is 0. The lowest BCUT2D eigenvalue weighted by Gasteiger charge is -2.40. The molecule has 7 nitrogen and oxygen atoms in total. The smallest absolute Gasteiger partial charge is 0.314 e. The number of carbonyl (C=O) groups is 2. The van der Waals surface area contributed by atoms with E-state index >= 15 is 0 Å². The highest BCUT2D eigenvalue weighted by atomic mass is 16.5. The monoisotopic (exact) mass is 419 g/mol. The Morgan fingerprint density at radius 1 is 1.16 bits per heavy atom. The summed E-state index contributed by atoms with van der Waals surface area (Å²) in [5.74, 6) is 0.0988. The first-order valence-electron chi connectivity index (χ1n) is 10.5. The van der Waals surface area contributed by atoms with Gasteiger partial charge in [0.15, 0.2) is 0 Å². The van der Waals surface area contributed by atoms with Gasteiger partial charge in [-0.3, -0.25) is 14.6 Å². The van der Waals surface area contributed by atoms with Crippen molar-refractivity contribution in [2.45, 2.75) is 26.2 Å². The summed E-state index contributed by atoms with van der Waals surface area (Å²) in [5, 5.41) is 4.17. The highest BCUT2D eigenvalue weighted by Crippen LogP contribution is 2.36. The third-order valence-corrected chi connectivity index (χ3v) is 5.60. The molecule has 3 heterocycles. The third-order valence-electron chi connectivity index (χ3n) is 5.60. The normalized spacial score (nSPS) is 18.5.